The fraction of sp³-hybridized carbons (Fsp3) is 0.316. The number of aryl methyl sites for hydroxylation is 1. The molecule has 0 spiro atoms. The molecule has 13 heteroatoms. The van der Waals surface area contributed by atoms with Gasteiger partial charge in [-0.3, -0.25) is 23.5 Å². The maximum Gasteiger partial charge on any atom is 0.405 e. The average Bonchev–Trinajstić information content (AvgIpc) is 3.13. The van der Waals surface area contributed by atoms with E-state index in [-0.39, 0.29) is 24.1 Å². The molecule has 2 amide bonds. The lowest BCUT2D eigenvalue weighted by molar-refractivity contribution is -0.138. The minimum atomic E-state index is -4.48. The van der Waals surface area contributed by atoms with Crippen LogP contribution in [0.15, 0.2) is 40.2 Å². The molecule has 32 heavy (non-hydrogen) atoms. The summed E-state index contributed by atoms with van der Waals surface area (Å²) in [6.07, 6.45) is -3.44. The first-order chi connectivity index (χ1) is 15.0. The Hall–Kier alpha value is -3.90. The number of halogens is 3. The Morgan fingerprint density at radius 2 is 1.69 bits per heavy atom. The van der Waals surface area contributed by atoms with E-state index < -0.39 is 35.8 Å². The number of hydrogen-bond donors (Lipinski definition) is 2. The number of nitrogens with one attached hydrogen (secondary N) is 2. The van der Waals surface area contributed by atoms with Gasteiger partial charge in [-0.2, -0.15) is 13.2 Å². The largest absolute Gasteiger partial charge is 0.405 e. The van der Waals surface area contributed by atoms with Crippen LogP contribution in [0.2, 0.25) is 0 Å². The SMILES string of the molecule is Cn1c(=O)c2c(ncn2CC(=O)Nc2ccc(CC(=O)NCC(F)(F)F)cc2)n(C)c1=O. The molecule has 2 N–H and O–H groups in total. The highest BCUT2D eigenvalue weighted by Gasteiger charge is 2.27. The number of rotatable bonds is 6. The number of imidazole rings is 1. The van der Waals surface area contributed by atoms with Crippen molar-refractivity contribution in [2.45, 2.75) is 19.1 Å². The van der Waals surface area contributed by atoms with Crippen molar-refractivity contribution < 1.29 is 22.8 Å². The predicted octanol–water partition coefficient (Wildman–Crippen LogP) is 0.293. The number of aromatic nitrogens is 4. The summed E-state index contributed by atoms with van der Waals surface area (Å²) in [5, 5.41) is 4.40. The Balaban J connectivity index is 1.65. The van der Waals surface area contributed by atoms with Crippen LogP contribution in [0.4, 0.5) is 18.9 Å². The molecule has 170 valence electrons. The average molecular weight is 452 g/mol. The zero-order valence-corrected chi connectivity index (χ0v) is 17.1. The Bertz CT molecular complexity index is 1290. The minimum Gasteiger partial charge on any atom is -0.347 e. The molecule has 0 aliphatic carbocycles. The van der Waals surface area contributed by atoms with Crippen molar-refractivity contribution in [1.29, 1.82) is 0 Å². The molecule has 0 atom stereocenters. The van der Waals surface area contributed by atoms with E-state index in [0.717, 1.165) is 4.57 Å². The predicted molar refractivity (Wildman–Crippen MR) is 108 cm³/mol. The van der Waals surface area contributed by atoms with Crippen LogP contribution in [0.1, 0.15) is 5.56 Å². The standard InChI is InChI=1S/C19H19F3N6O4/c1-26-16-15(17(31)27(2)18(26)32)28(10-24-16)8-14(30)25-12-5-3-11(4-6-12)7-13(29)23-9-19(20,21)22/h3-6,10H,7-9H2,1-2H3,(H,23,29)(H,25,30). The molecule has 3 rings (SSSR count). The first kappa shape index (κ1) is 22.8. The molecule has 0 saturated heterocycles. The minimum absolute atomic E-state index is 0.102. The molecule has 0 bridgehead atoms. The van der Waals surface area contributed by atoms with Crippen molar-refractivity contribution in [3.8, 4) is 0 Å². The molecule has 0 aliphatic rings. The molecular weight excluding hydrogens is 433 g/mol. The van der Waals surface area contributed by atoms with Crippen molar-refractivity contribution in [2.75, 3.05) is 11.9 Å². The summed E-state index contributed by atoms with van der Waals surface area (Å²) in [6.45, 7) is -1.65. The Morgan fingerprint density at radius 1 is 1.03 bits per heavy atom. The lowest BCUT2D eigenvalue weighted by atomic mass is 10.1. The number of carbonyl (C=O) groups excluding carboxylic acids is 2. The lowest BCUT2D eigenvalue weighted by Crippen LogP contribution is -2.37. The molecule has 2 aromatic heterocycles. The summed E-state index contributed by atoms with van der Waals surface area (Å²) < 4.78 is 39.9. The van der Waals surface area contributed by atoms with Gasteiger partial charge in [0.2, 0.25) is 11.8 Å². The zero-order chi connectivity index (χ0) is 23.6. The van der Waals surface area contributed by atoms with Crippen molar-refractivity contribution in [3.05, 3.63) is 57.0 Å². The van der Waals surface area contributed by atoms with Gasteiger partial charge in [0.25, 0.3) is 5.56 Å². The van der Waals surface area contributed by atoms with Crippen LogP contribution >= 0.6 is 0 Å². The summed E-state index contributed by atoms with van der Waals surface area (Å²) >= 11 is 0. The summed E-state index contributed by atoms with van der Waals surface area (Å²) in [5.74, 6) is -1.25. The van der Waals surface area contributed by atoms with Crippen LogP contribution in [-0.2, 0) is 36.6 Å². The third-order valence-electron chi connectivity index (χ3n) is 4.62. The fourth-order valence-electron chi connectivity index (χ4n) is 3.02. The number of benzene rings is 1. The number of alkyl halides is 3. The second-order valence-corrected chi connectivity index (χ2v) is 7.06. The molecule has 2 heterocycles. The van der Waals surface area contributed by atoms with Gasteiger partial charge in [-0.1, -0.05) is 12.1 Å². The third-order valence-corrected chi connectivity index (χ3v) is 4.62. The fourth-order valence-corrected chi connectivity index (χ4v) is 3.02. The second-order valence-electron chi connectivity index (χ2n) is 7.06. The second kappa shape index (κ2) is 8.69. The molecule has 3 aromatic rings. The van der Waals surface area contributed by atoms with E-state index in [1.807, 2.05) is 0 Å². The van der Waals surface area contributed by atoms with Gasteiger partial charge in [-0.05, 0) is 17.7 Å². The summed E-state index contributed by atoms with van der Waals surface area (Å²) in [7, 11) is 2.79. The van der Waals surface area contributed by atoms with Gasteiger partial charge >= 0.3 is 11.9 Å². The van der Waals surface area contributed by atoms with Crippen LogP contribution in [-0.4, -0.2) is 43.2 Å². The van der Waals surface area contributed by atoms with Gasteiger partial charge in [0.15, 0.2) is 11.2 Å². The first-order valence-corrected chi connectivity index (χ1v) is 9.29. The van der Waals surface area contributed by atoms with E-state index in [2.05, 4.69) is 10.3 Å². The highest BCUT2D eigenvalue weighted by molar-refractivity contribution is 5.91. The van der Waals surface area contributed by atoms with Gasteiger partial charge in [0.05, 0.1) is 12.7 Å². The van der Waals surface area contributed by atoms with E-state index in [4.69, 9.17) is 0 Å². The smallest absolute Gasteiger partial charge is 0.347 e. The molecule has 0 fully saturated rings. The van der Waals surface area contributed by atoms with Crippen molar-refractivity contribution in [3.63, 3.8) is 0 Å². The molecular formula is C19H19F3N6O4. The Labute approximate surface area is 178 Å². The Kier molecular flexibility index (Phi) is 6.18. The van der Waals surface area contributed by atoms with Gasteiger partial charge in [0, 0.05) is 19.8 Å². The molecule has 10 nitrogen and oxygen atoms in total. The lowest BCUT2D eigenvalue weighted by Gasteiger charge is -2.10. The maximum atomic E-state index is 12.4. The van der Waals surface area contributed by atoms with Crippen LogP contribution in [0.3, 0.4) is 0 Å². The maximum absolute atomic E-state index is 12.4. The quantitative estimate of drug-likeness (QED) is 0.557. The van der Waals surface area contributed by atoms with E-state index >= 15 is 0 Å². The van der Waals surface area contributed by atoms with Crippen LogP contribution in [0.5, 0.6) is 0 Å². The van der Waals surface area contributed by atoms with Crippen molar-refractivity contribution in [1.82, 2.24) is 24.0 Å². The Morgan fingerprint density at radius 3 is 2.31 bits per heavy atom. The molecule has 0 aliphatic heterocycles. The third kappa shape index (κ3) is 5.04. The topological polar surface area (TPSA) is 120 Å². The summed E-state index contributed by atoms with van der Waals surface area (Å²) in [5.41, 5.74) is -0.0122. The van der Waals surface area contributed by atoms with Crippen molar-refractivity contribution in [2.24, 2.45) is 14.1 Å². The van der Waals surface area contributed by atoms with Crippen LogP contribution in [0.25, 0.3) is 11.2 Å². The summed E-state index contributed by atoms with van der Waals surface area (Å²) in [6, 6.07) is 6.00. The first-order valence-electron chi connectivity index (χ1n) is 9.29. The molecule has 0 unspecified atom stereocenters. The number of anilines is 1. The van der Waals surface area contributed by atoms with E-state index in [0.29, 0.717) is 11.3 Å². The number of amides is 2. The van der Waals surface area contributed by atoms with E-state index in [1.165, 1.54) is 53.8 Å². The zero-order valence-electron chi connectivity index (χ0n) is 17.1. The number of hydrogen-bond acceptors (Lipinski definition) is 5. The molecule has 0 radical (unpaired) electrons. The molecule has 1 aromatic carbocycles. The normalized spacial score (nSPS) is 11.5. The van der Waals surface area contributed by atoms with Gasteiger partial charge in [0.1, 0.15) is 13.1 Å². The summed E-state index contributed by atoms with van der Waals surface area (Å²) in [4.78, 5) is 52.4. The van der Waals surface area contributed by atoms with E-state index in [1.54, 1.807) is 5.32 Å². The monoisotopic (exact) mass is 452 g/mol. The number of nitrogens with zero attached hydrogens (tertiary/aromatic N) is 4. The highest BCUT2D eigenvalue weighted by Crippen LogP contribution is 2.13. The van der Waals surface area contributed by atoms with Gasteiger partial charge in [-0.15, -0.1) is 0 Å². The van der Waals surface area contributed by atoms with E-state index in [9.17, 15) is 32.3 Å². The van der Waals surface area contributed by atoms with Crippen molar-refractivity contribution >= 4 is 28.7 Å². The van der Waals surface area contributed by atoms with Crippen LogP contribution < -0.4 is 21.9 Å². The number of fused-ring (bicyclic) bond motifs is 1. The number of carbonyl (C=O) groups is 2. The van der Waals surface area contributed by atoms with Gasteiger partial charge in [-0.25, -0.2) is 9.78 Å². The van der Waals surface area contributed by atoms with Gasteiger partial charge < -0.3 is 15.2 Å². The highest BCUT2D eigenvalue weighted by atomic mass is 19.4. The van der Waals surface area contributed by atoms with Crippen LogP contribution in [0, 0.1) is 0 Å². The molecule has 0 saturated carbocycles.